The van der Waals surface area contributed by atoms with Crippen molar-refractivity contribution in [2.24, 2.45) is 5.41 Å². The van der Waals surface area contributed by atoms with Crippen LogP contribution in [-0.2, 0) is 43.0 Å². The quantitative estimate of drug-likeness (QED) is 0.312. The van der Waals surface area contributed by atoms with Crippen LogP contribution in [0.1, 0.15) is 42.5 Å². The molecule has 1 saturated carbocycles. The van der Waals surface area contributed by atoms with E-state index in [2.05, 4.69) is 9.17 Å². The number of nitrogens with zero attached hydrogens (tertiary/aromatic N) is 3. The lowest BCUT2D eigenvalue weighted by atomic mass is 9.80. The Hall–Kier alpha value is -2.39. The number of carbonyl (C=O) groups is 1. The van der Waals surface area contributed by atoms with Crippen LogP contribution in [0.4, 0.5) is 26.3 Å². The maximum atomic E-state index is 13.8. The van der Waals surface area contributed by atoms with Crippen molar-refractivity contribution in [2.45, 2.75) is 62.5 Å². The van der Waals surface area contributed by atoms with Crippen molar-refractivity contribution in [1.82, 2.24) is 14.8 Å². The molecule has 3 aliphatic heterocycles. The number of alkyl halides is 6. The number of hydrogen-bond acceptors (Lipinski definition) is 7. The van der Waals surface area contributed by atoms with Crippen LogP contribution < -0.4 is 0 Å². The summed E-state index contributed by atoms with van der Waals surface area (Å²) in [5.41, 5.74) is -6.33. The second-order valence-corrected chi connectivity index (χ2v) is 11.6. The maximum absolute atomic E-state index is 13.8. The van der Waals surface area contributed by atoms with Crippen LogP contribution in [0.5, 0.6) is 0 Å². The second kappa shape index (κ2) is 9.37. The van der Waals surface area contributed by atoms with Gasteiger partial charge in [0, 0.05) is 63.6 Å². The number of hydrogen-bond donors (Lipinski definition) is 0. The van der Waals surface area contributed by atoms with Crippen LogP contribution in [0, 0.1) is 5.41 Å². The van der Waals surface area contributed by atoms with Crippen molar-refractivity contribution in [3.8, 4) is 0 Å². The molecule has 4 aliphatic rings. The van der Waals surface area contributed by atoms with E-state index in [0.29, 0.717) is 50.1 Å². The van der Waals surface area contributed by atoms with Gasteiger partial charge < -0.3 is 13.8 Å². The molecule has 8 nitrogen and oxygen atoms in total. The first-order valence-corrected chi connectivity index (χ1v) is 13.5. The predicted octanol–water partition coefficient (Wildman–Crippen LogP) is 3.38. The van der Waals surface area contributed by atoms with Gasteiger partial charge in [-0.2, -0.15) is 34.8 Å². The number of fused-ring (bicyclic) bond motifs is 2. The molecule has 0 N–H and O–H groups in total. The Labute approximate surface area is 214 Å². The monoisotopic (exact) mass is 569 g/mol. The third-order valence-electron chi connectivity index (χ3n) is 7.87. The SMILES string of the molecule is O=C(N1CCc2ncc(C(F)(F)F)cc2C1)C12CCOC1CC(N1CC=C(OS(=O)(=O)C(F)(F)F)CC1)C2. The molecule has 0 radical (unpaired) electrons. The summed E-state index contributed by atoms with van der Waals surface area (Å²) in [5.74, 6) is -0.462. The minimum Gasteiger partial charge on any atom is -0.381 e. The van der Waals surface area contributed by atoms with Crippen LogP contribution in [-0.4, -0.2) is 73.0 Å². The van der Waals surface area contributed by atoms with E-state index >= 15 is 0 Å². The van der Waals surface area contributed by atoms with Gasteiger partial charge in [-0.15, -0.1) is 0 Å². The normalized spacial score (nSPS) is 28.6. The summed E-state index contributed by atoms with van der Waals surface area (Å²) in [4.78, 5) is 21.3. The van der Waals surface area contributed by atoms with Gasteiger partial charge in [0.25, 0.3) is 0 Å². The van der Waals surface area contributed by atoms with Crippen molar-refractivity contribution in [3.05, 3.63) is 40.9 Å². The summed E-state index contributed by atoms with van der Waals surface area (Å²) >= 11 is 0. The largest absolute Gasteiger partial charge is 0.534 e. The van der Waals surface area contributed by atoms with E-state index in [1.54, 1.807) is 4.90 Å². The summed E-state index contributed by atoms with van der Waals surface area (Å²) in [5, 5.41) is 0. The molecule has 1 saturated heterocycles. The van der Waals surface area contributed by atoms with Crippen LogP contribution in [0.3, 0.4) is 0 Å². The molecular weight excluding hydrogens is 544 g/mol. The van der Waals surface area contributed by atoms with Crippen molar-refractivity contribution in [3.63, 3.8) is 0 Å². The summed E-state index contributed by atoms with van der Waals surface area (Å²) in [7, 11) is -5.74. The van der Waals surface area contributed by atoms with Gasteiger partial charge >= 0.3 is 21.8 Å². The molecule has 0 aromatic carbocycles. The molecule has 3 unspecified atom stereocenters. The van der Waals surface area contributed by atoms with Gasteiger partial charge in [-0.1, -0.05) is 0 Å². The lowest BCUT2D eigenvalue weighted by molar-refractivity contribution is -0.145. The molecule has 2 fully saturated rings. The fraction of sp³-hybridized carbons (Fsp3) is 0.652. The Kier molecular flexibility index (Phi) is 6.70. The number of rotatable bonds is 4. The van der Waals surface area contributed by atoms with Crippen molar-refractivity contribution >= 4 is 16.0 Å². The van der Waals surface area contributed by atoms with E-state index in [9.17, 15) is 39.6 Å². The molecule has 5 rings (SSSR count). The van der Waals surface area contributed by atoms with Gasteiger partial charge in [0.2, 0.25) is 5.91 Å². The lowest BCUT2D eigenvalue weighted by Gasteiger charge is -2.37. The van der Waals surface area contributed by atoms with E-state index in [0.717, 1.165) is 12.3 Å². The molecule has 0 spiro atoms. The van der Waals surface area contributed by atoms with E-state index in [1.807, 2.05) is 4.90 Å². The minimum atomic E-state index is -5.74. The Morgan fingerprint density at radius 3 is 2.58 bits per heavy atom. The number of ether oxygens (including phenoxy) is 1. The molecule has 0 bridgehead atoms. The Morgan fingerprint density at radius 1 is 1.16 bits per heavy atom. The molecule has 3 atom stereocenters. The maximum Gasteiger partial charge on any atom is 0.534 e. The van der Waals surface area contributed by atoms with Gasteiger partial charge in [-0.05, 0) is 37.0 Å². The van der Waals surface area contributed by atoms with Crippen LogP contribution >= 0.6 is 0 Å². The van der Waals surface area contributed by atoms with Gasteiger partial charge in [0.1, 0.15) is 5.76 Å². The van der Waals surface area contributed by atoms with E-state index in [-0.39, 0.29) is 43.8 Å². The summed E-state index contributed by atoms with van der Waals surface area (Å²) < 4.78 is 110. The molecule has 210 valence electrons. The Bertz CT molecular complexity index is 1250. The Balaban J connectivity index is 1.27. The second-order valence-electron chi connectivity index (χ2n) is 10.1. The first kappa shape index (κ1) is 27.2. The van der Waals surface area contributed by atoms with E-state index in [4.69, 9.17) is 4.74 Å². The molecule has 1 amide bonds. The lowest BCUT2D eigenvalue weighted by Crippen LogP contribution is -2.48. The molecule has 15 heteroatoms. The van der Waals surface area contributed by atoms with Gasteiger partial charge in [-0.25, -0.2) is 0 Å². The van der Waals surface area contributed by atoms with Crippen LogP contribution in [0.25, 0.3) is 0 Å². The molecule has 1 aromatic heterocycles. The van der Waals surface area contributed by atoms with Crippen molar-refractivity contribution in [1.29, 1.82) is 0 Å². The summed E-state index contributed by atoms with van der Waals surface area (Å²) in [6.07, 6.45) is -1.16. The standard InChI is InChI=1S/C23H25F6N3O5S/c24-22(25,26)15-9-14-13-32(7-3-18(14)30-12-15)20(33)21-4-8-36-19(21)10-16(11-21)31-5-1-17(2-6-31)37-38(34,35)23(27,28)29/h1,9,12,16,19H,2-8,10-11,13H2. The first-order chi connectivity index (χ1) is 17.7. The number of carbonyl (C=O) groups excluding carboxylic acids is 1. The molecule has 4 heterocycles. The van der Waals surface area contributed by atoms with Crippen LogP contribution in [0.2, 0.25) is 0 Å². The van der Waals surface area contributed by atoms with Gasteiger partial charge in [0.15, 0.2) is 0 Å². The fourth-order valence-electron chi connectivity index (χ4n) is 5.92. The van der Waals surface area contributed by atoms with E-state index < -0.39 is 38.9 Å². The highest BCUT2D eigenvalue weighted by molar-refractivity contribution is 7.87. The van der Waals surface area contributed by atoms with Crippen molar-refractivity contribution in [2.75, 3.05) is 26.2 Å². The highest BCUT2D eigenvalue weighted by Gasteiger charge is 2.58. The zero-order chi connectivity index (χ0) is 27.5. The third kappa shape index (κ3) is 4.88. The van der Waals surface area contributed by atoms with Gasteiger partial charge in [0.05, 0.1) is 17.1 Å². The fourth-order valence-corrected chi connectivity index (χ4v) is 6.45. The average Bonchev–Trinajstić information content (AvgIpc) is 3.40. The molecule has 38 heavy (non-hydrogen) atoms. The molecule has 1 aromatic rings. The van der Waals surface area contributed by atoms with Crippen LogP contribution in [0.15, 0.2) is 24.1 Å². The Morgan fingerprint density at radius 2 is 1.92 bits per heavy atom. The number of aromatic nitrogens is 1. The number of halogens is 6. The average molecular weight is 570 g/mol. The van der Waals surface area contributed by atoms with E-state index in [1.165, 1.54) is 6.08 Å². The number of amides is 1. The number of pyridine rings is 1. The zero-order valence-electron chi connectivity index (χ0n) is 20.0. The smallest absolute Gasteiger partial charge is 0.381 e. The molecular formula is C23H25F6N3O5S. The first-order valence-electron chi connectivity index (χ1n) is 12.1. The highest BCUT2D eigenvalue weighted by atomic mass is 32.2. The predicted molar refractivity (Wildman–Crippen MR) is 119 cm³/mol. The topological polar surface area (TPSA) is 89.0 Å². The zero-order valence-corrected chi connectivity index (χ0v) is 20.8. The highest BCUT2D eigenvalue weighted by Crippen LogP contribution is 2.51. The molecule has 1 aliphatic carbocycles. The third-order valence-corrected chi connectivity index (χ3v) is 8.87. The van der Waals surface area contributed by atoms with Crippen molar-refractivity contribution < 1.29 is 48.5 Å². The summed E-state index contributed by atoms with van der Waals surface area (Å²) in [6.45, 7) is 1.10. The minimum absolute atomic E-state index is 0.0189. The summed E-state index contributed by atoms with van der Waals surface area (Å²) in [6, 6.07) is 0.898. The van der Waals surface area contributed by atoms with Gasteiger partial charge in [-0.3, -0.25) is 14.7 Å².